The first-order valence-corrected chi connectivity index (χ1v) is 10.7. The predicted molar refractivity (Wildman–Crippen MR) is 126 cm³/mol. The first-order valence-electron chi connectivity index (χ1n) is 9.59. The van der Waals surface area contributed by atoms with Gasteiger partial charge in [0.05, 0.1) is 29.3 Å². The number of ether oxygens (including phenoxy) is 1. The van der Waals surface area contributed by atoms with Gasteiger partial charge in [-0.1, -0.05) is 46.9 Å². The average molecular weight is 477 g/mol. The highest BCUT2D eigenvalue weighted by Crippen LogP contribution is 2.28. The minimum absolute atomic E-state index is 0.192. The van der Waals surface area contributed by atoms with E-state index in [9.17, 15) is 9.59 Å². The zero-order valence-corrected chi connectivity index (χ0v) is 19.3. The van der Waals surface area contributed by atoms with Gasteiger partial charge < -0.3 is 9.64 Å². The second kappa shape index (κ2) is 10.2. The van der Waals surface area contributed by atoms with Gasteiger partial charge in [-0.2, -0.15) is 0 Å². The third kappa shape index (κ3) is 5.59. The third-order valence-electron chi connectivity index (χ3n) is 4.63. The smallest absolute Gasteiger partial charge is 0.338 e. The molecule has 0 radical (unpaired) electrons. The Bertz CT molecular complexity index is 1110. The number of benzene rings is 3. The largest absolute Gasteiger partial charge is 0.462 e. The van der Waals surface area contributed by atoms with E-state index in [4.69, 9.17) is 39.5 Å². The molecule has 0 fully saturated rings. The van der Waals surface area contributed by atoms with E-state index in [1.165, 1.54) is 0 Å². The molecule has 0 unspecified atom stereocenters. The number of esters is 1. The maximum absolute atomic E-state index is 13.5. The highest BCUT2D eigenvalue weighted by atomic mass is 35.5. The van der Waals surface area contributed by atoms with Crippen molar-refractivity contribution in [3.63, 3.8) is 0 Å². The Balaban J connectivity index is 2.01. The van der Waals surface area contributed by atoms with Crippen molar-refractivity contribution in [2.45, 2.75) is 20.4 Å². The topological polar surface area (TPSA) is 46.6 Å². The van der Waals surface area contributed by atoms with Crippen molar-refractivity contribution >= 4 is 52.4 Å². The normalized spacial score (nSPS) is 10.6. The minimum atomic E-state index is -0.422. The number of nitrogens with zero attached hydrogens (tertiary/aromatic N) is 1. The molecule has 0 atom stereocenters. The van der Waals surface area contributed by atoms with Crippen LogP contribution in [0.5, 0.6) is 0 Å². The maximum atomic E-state index is 13.5. The van der Waals surface area contributed by atoms with Crippen molar-refractivity contribution in [3.05, 3.63) is 98.0 Å². The van der Waals surface area contributed by atoms with Crippen LogP contribution in [-0.4, -0.2) is 18.5 Å². The fourth-order valence-electron chi connectivity index (χ4n) is 3.03. The van der Waals surface area contributed by atoms with Crippen LogP contribution < -0.4 is 4.90 Å². The van der Waals surface area contributed by atoms with E-state index in [-0.39, 0.29) is 19.1 Å². The summed E-state index contributed by atoms with van der Waals surface area (Å²) in [6.45, 7) is 4.12. The Morgan fingerprint density at radius 3 is 2.23 bits per heavy atom. The van der Waals surface area contributed by atoms with Gasteiger partial charge in [0.15, 0.2) is 0 Å². The Morgan fingerprint density at radius 2 is 1.61 bits per heavy atom. The summed E-state index contributed by atoms with van der Waals surface area (Å²) in [6, 6.07) is 17.0. The number of carbonyl (C=O) groups is 2. The fourth-order valence-corrected chi connectivity index (χ4v) is 3.82. The molecule has 3 aromatic carbocycles. The Labute approximate surface area is 196 Å². The first kappa shape index (κ1) is 23.1. The molecule has 0 aliphatic heterocycles. The van der Waals surface area contributed by atoms with E-state index in [1.54, 1.807) is 66.4 Å². The van der Waals surface area contributed by atoms with Crippen LogP contribution in [0.15, 0.2) is 60.7 Å². The van der Waals surface area contributed by atoms with Crippen molar-refractivity contribution in [2.75, 3.05) is 11.5 Å². The van der Waals surface area contributed by atoms with Gasteiger partial charge in [0.1, 0.15) is 0 Å². The summed E-state index contributed by atoms with van der Waals surface area (Å²) >= 11 is 18.7. The van der Waals surface area contributed by atoms with Gasteiger partial charge >= 0.3 is 5.97 Å². The van der Waals surface area contributed by atoms with Crippen molar-refractivity contribution in [1.82, 2.24) is 0 Å². The molecule has 7 heteroatoms. The van der Waals surface area contributed by atoms with E-state index in [1.807, 2.05) is 13.0 Å². The van der Waals surface area contributed by atoms with Crippen molar-refractivity contribution < 1.29 is 14.3 Å². The quantitative estimate of drug-likeness (QED) is 0.361. The van der Waals surface area contributed by atoms with Gasteiger partial charge in [-0.15, -0.1) is 0 Å². The fraction of sp³-hybridized carbons (Fsp3) is 0.167. The van der Waals surface area contributed by atoms with Crippen LogP contribution in [0.3, 0.4) is 0 Å². The van der Waals surface area contributed by atoms with Gasteiger partial charge in [-0.25, -0.2) is 4.79 Å². The number of rotatable bonds is 6. The molecule has 3 rings (SSSR count). The van der Waals surface area contributed by atoms with E-state index in [2.05, 4.69) is 0 Å². The number of carbonyl (C=O) groups excluding carboxylic acids is 2. The van der Waals surface area contributed by atoms with Crippen LogP contribution in [0.2, 0.25) is 15.1 Å². The Hall–Kier alpha value is -2.53. The summed E-state index contributed by atoms with van der Waals surface area (Å²) in [5.41, 5.74) is 3.02. The zero-order valence-electron chi connectivity index (χ0n) is 17.0. The number of hydrogen-bond donors (Lipinski definition) is 0. The SMILES string of the molecule is CCOC(=O)c1ccc(N(Cc2ccc(Cl)cc2Cl)C(=O)c2ccc(C)cc2Cl)cc1. The molecule has 1 amide bonds. The second-order valence-electron chi connectivity index (χ2n) is 6.88. The molecule has 0 bridgehead atoms. The Kier molecular flexibility index (Phi) is 7.60. The summed E-state index contributed by atoms with van der Waals surface area (Å²) in [5, 5.41) is 1.32. The highest BCUT2D eigenvalue weighted by molar-refractivity contribution is 6.35. The molecule has 0 aromatic heterocycles. The molecule has 0 saturated carbocycles. The standard InChI is InChI=1S/C24H20Cl3NO3/c1-3-31-24(30)16-6-9-19(10-7-16)28(14-17-5-8-18(25)13-21(17)26)23(29)20-11-4-15(2)12-22(20)27/h4-13H,3,14H2,1-2H3. The molecular weight excluding hydrogens is 457 g/mol. The summed E-state index contributed by atoms with van der Waals surface area (Å²) in [6.07, 6.45) is 0. The summed E-state index contributed by atoms with van der Waals surface area (Å²) in [7, 11) is 0. The van der Waals surface area contributed by atoms with E-state index < -0.39 is 5.97 Å². The average Bonchev–Trinajstić information content (AvgIpc) is 2.73. The second-order valence-corrected chi connectivity index (χ2v) is 8.13. The van der Waals surface area contributed by atoms with Gasteiger partial charge in [-0.3, -0.25) is 4.79 Å². The van der Waals surface area contributed by atoms with Gasteiger partial charge in [0, 0.05) is 15.7 Å². The zero-order chi connectivity index (χ0) is 22.5. The molecule has 0 N–H and O–H groups in total. The molecule has 4 nitrogen and oxygen atoms in total. The van der Waals surface area contributed by atoms with E-state index in [0.29, 0.717) is 31.9 Å². The lowest BCUT2D eigenvalue weighted by Crippen LogP contribution is -2.31. The van der Waals surface area contributed by atoms with Crippen LogP contribution in [0.25, 0.3) is 0 Å². The number of anilines is 1. The van der Waals surface area contributed by atoms with Gasteiger partial charge in [0.25, 0.3) is 5.91 Å². The molecule has 0 aliphatic rings. The summed E-state index contributed by atoms with van der Waals surface area (Å²) in [5.74, 6) is -0.714. The van der Waals surface area contributed by atoms with Crippen LogP contribution in [0, 0.1) is 6.92 Å². The lowest BCUT2D eigenvalue weighted by atomic mass is 10.1. The monoisotopic (exact) mass is 475 g/mol. The maximum Gasteiger partial charge on any atom is 0.338 e. The molecule has 0 saturated heterocycles. The van der Waals surface area contributed by atoms with Crippen molar-refractivity contribution in [1.29, 1.82) is 0 Å². The van der Waals surface area contributed by atoms with Gasteiger partial charge in [-0.05, 0) is 73.5 Å². The van der Waals surface area contributed by atoms with E-state index in [0.717, 1.165) is 11.1 Å². The van der Waals surface area contributed by atoms with Gasteiger partial charge in [0.2, 0.25) is 0 Å². The highest BCUT2D eigenvalue weighted by Gasteiger charge is 2.22. The van der Waals surface area contributed by atoms with Crippen LogP contribution >= 0.6 is 34.8 Å². The predicted octanol–water partition coefficient (Wildman–Crippen LogP) is 6.98. The van der Waals surface area contributed by atoms with Crippen molar-refractivity contribution in [3.8, 4) is 0 Å². The number of halogens is 3. The lowest BCUT2D eigenvalue weighted by Gasteiger charge is -2.24. The molecule has 3 aromatic rings. The van der Waals surface area contributed by atoms with Crippen LogP contribution in [-0.2, 0) is 11.3 Å². The molecule has 0 aliphatic carbocycles. The van der Waals surface area contributed by atoms with E-state index >= 15 is 0 Å². The summed E-state index contributed by atoms with van der Waals surface area (Å²) < 4.78 is 5.03. The molecule has 160 valence electrons. The molecule has 0 spiro atoms. The number of aryl methyl sites for hydroxylation is 1. The molecule has 0 heterocycles. The third-order valence-corrected chi connectivity index (χ3v) is 5.53. The first-order chi connectivity index (χ1) is 14.8. The van der Waals surface area contributed by atoms with Crippen LogP contribution in [0.4, 0.5) is 5.69 Å². The van der Waals surface area contributed by atoms with Crippen molar-refractivity contribution in [2.24, 2.45) is 0 Å². The number of amides is 1. The molecular formula is C24H20Cl3NO3. The Morgan fingerprint density at radius 1 is 0.903 bits per heavy atom. The van der Waals surface area contributed by atoms with Crippen LogP contribution in [0.1, 0.15) is 38.8 Å². The minimum Gasteiger partial charge on any atom is -0.462 e. The lowest BCUT2D eigenvalue weighted by molar-refractivity contribution is 0.0526. The summed E-state index contributed by atoms with van der Waals surface area (Å²) in [4.78, 5) is 27.0. The molecule has 31 heavy (non-hydrogen) atoms. The number of hydrogen-bond acceptors (Lipinski definition) is 3.